The topological polar surface area (TPSA) is 75.3 Å². The first-order chi connectivity index (χ1) is 16.5. The Hall–Kier alpha value is -2.54. The molecule has 1 aliphatic heterocycles. The maximum absolute atomic E-state index is 13.5. The third kappa shape index (κ3) is 5.50. The van der Waals surface area contributed by atoms with Gasteiger partial charge in [-0.15, -0.1) is 0 Å². The molecule has 0 radical (unpaired) electrons. The van der Waals surface area contributed by atoms with Crippen LogP contribution in [0.5, 0.6) is 0 Å². The van der Waals surface area contributed by atoms with Crippen molar-refractivity contribution >= 4 is 63.3 Å². The molecule has 6 nitrogen and oxygen atoms in total. The molecule has 4 rings (SSSR count). The Balaban J connectivity index is 0.00000167. The molecule has 1 aromatic carbocycles. The molecular formula is C26H28Cl3N3O3. The second-order valence-electron chi connectivity index (χ2n) is 8.87. The van der Waals surface area contributed by atoms with Gasteiger partial charge in [0.05, 0.1) is 32.4 Å². The highest BCUT2D eigenvalue weighted by Crippen LogP contribution is 2.41. The number of ether oxygens (including phenoxy) is 1. The van der Waals surface area contributed by atoms with E-state index in [9.17, 15) is 9.59 Å². The number of hydrogen-bond donors (Lipinski definition) is 1. The van der Waals surface area contributed by atoms with Gasteiger partial charge in [0, 0.05) is 35.3 Å². The standard InChI is InChI=1S/C24H22Cl3N3O3.C2H6/c1-12(2)33-23(32)16-10-30(22(31)13-5-6-17(26)18(27)7-13)11-24(3,4)19-15-8-14(25)9-28-21(15)29-20(16)19;1-2/h5-10,12H,11H2,1-4H3,(H,28,29);1-2H3. The number of fused-ring (bicyclic) bond motifs is 3. The summed E-state index contributed by atoms with van der Waals surface area (Å²) in [5.74, 6) is -0.865. The van der Waals surface area contributed by atoms with E-state index in [1.807, 2.05) is 33.8 Å². The molecule has 1 amide bonds. The molecule has 9 heteroatoms. The van der Waals surface area contributed by atoms with Gasteiger partial charge in [-0.25, -0.2) is 9.78 Å². The predicted molar refractivity (Wildman–Crippen MR) is 142 cm³/mol. The number of H-pyrrole nitrogens is 1. The molecule has 3 aromatic rings. The maximum Gasteiger partial charge on any atom is 0.342 e. The average molecular weight is 537 g/mol. The van der Waals surface area contributed by atoms with Gasteiger partial charge in [-0.1, -0.05) is 62.5 Å². The zero-order valence-electron chi connectivity index (χ0n) is 20.5. The number of nitrogens with zero attached hydrogens (tertiary/aromatic N) is 2. The summed E-state index contributed by atoms with van der Waals surface area (Å²) in [7, 11) is 0. The monoisotopic (exact) mass is 535 g/mol. The van der Waals surface area contributed by atoms with E-state index in [1.165, 1.54) is 17.2 Å². The second kappa shape index (κ2) is 10.6. The molecule has 0 spiro atoms. The van der Waals surface area contributed by atoms with E-state index in [2.05, 4.69) is 9.97 Å². The van der Waals surface area contributed by atoms with E-state index in [-0.39, 0.29) is 29.2 Å². The van der Waals surface area contributed by atoms with Crippen molar-refractivity contribution in [1.29, 1.82) is 0 Å². The predicted octanol–water partition coefficient (Wildman–Crippen LogP) is 7.28. The Morgan fingerprint density at radius 2 is 1.80 bits per heavy atom. The molecular weight excluding hydrogens is 509 g/mol. The highest BCUT2D eigenvalue weighted by atomic mass is 35.5. The number of carbonyl (C=O) groups is 2. The number of aromatic nitrogens is 2. The van der Waals surface area contributed by atoms with Crippen LogP contribution >= 0.6 is 34.8 Å². The van der Waals surface area contributed by atoms with Crippen LogP contribution in [0.25, 0.3) is 16.6 Å². The third-order valence-electron chi connectivity index (χ3n) is 5.40. The molecule has 186 valence electrons. The molecule has 0 atom stereocenters. The summed E-state index contributed by atoms with van der Waals surface area (Å²) in [5, 5.41) is 1.89. The summed E-state index contributed by atoms with van der Waals surface area (Å²) >= 11 is 18.4. The van der Waals surface area contributed by atoms with Crippen LogP contribution in [0.15, 0.2) is 36.7 Å². The summed E-state index contributed by atoms with van der Waals surface area (Å²) in [4.78, 5) is 35.8. The van der Waals surface area contributed by atoms with Crippen molar-refractivity contribution < 1.29 is 14.3 Å². The summed E-state index contributed by atoms with van der Waals surface area (Å²) in [6.45, 7) is 11.8. The van der Waals surface area contributed by atoms with Gasteiger partial charge in [-0.05, 0) is 43.7 Å². The normalized spacial score (nSPS) is 14.6. The summed E-state index contributed by atoms with van der Waals surface area (Å²) < 4.78 is 5.51. The highest BCUT2D eigenvalue weighted by Gasteiger charge is 2.38. The zero-order valence-corrected chi connectivity index (χ0v) is 22.8. The van der Waals surface area contributed by atoms with Gasteiger partial charge in [-0.3, -0.25) is 4.79 Å². The number of hydrogen-bond acceptors (Lipinski definition) is 4. The Bertz CT molecular complexity index is 1310. The van der Waals surface area contributed by atoms with E-state index < -0.39 is 11.4 Å². The van der Waals surface area contributed by atoms with E-state index in [1.54, 1.807) is 32.2 Å². The van der Waals surface area contributed by atoms with Crippen LogP contribution in [-0.2, 0) is 14.9 Å². The smallest absolute Gasteiger partial charge is 0.342 e. The summed E-state index contributed by atoms with van der Waals surface area (Å²) in [5.41, 5.74) is 2.01. The number of benzene rings is 1. The van der Waals surface area contributed by atoms with Crippen molar-refractivity contribution in [3.63, 3.8) is 0 Å². The van der Waals surface area contributed by atoms with Crippen molar-refractivity contribution in [2.45, 2.75) is 53.1 Å². The largest absolute Gasteiger partial charge is 0.459 e. The van der Waals surface area contributed by atoms with E-state index >= 15 is 0 Å². The van der Waals surface area contributed by atoms with E-state index in [0.717, 1.165) is 10.9 Å². The molecule has 1 N–H and O–H groups in total. The van der Waals surface area contributed by atoms with Crippen LogP contribution in [0.2, 0.25) is 15.1 Å². The highest BCUT2D eigenvalue weighted by molar-refractivity contribution is 6.42. The zero-order chi connectivity index (χ0) is 26.1. The fourth-order valence-corrected chi connectivity index (χ4v) is 4.53. The van der Waals surface area contributed by atoms with Crippen molar-refractivity contribution in [1.82, 2.24) is 14.9 Å². The molecule has 0 saturated heterocycles. The minimum absolute atomic E-state index is 0.229. The minimum atomic E-state index is -0.567. The number of pyridine rings is 1. The number of halogens is 3. The number of carbonyl (C=O) groups excluding carboxylic acids is 2. The summed E-state index contributed by atoms with van der Waals surface area (Å²) in [6, 6.07) is 6.50. The van der Waals surface area contributed by atoms with Gasteiger partial charge in [0.25, 0.3) is 5.91 Å². The number of aromatic amines is 1. The van der Waals surface area contributed by atoms with Gasteiger partial charge in [-0.2, -0.15) is 0 Å². The van der Waals surface area contributed by atoms with Crippen LogP contribution in [0, 0.1) is 0 Å². The molecule has 3 heterocycles. The van der Waals surface area contributed by atoms with Crippen molar-refractivity contribution in [2.24, 2.45) is 0 Å². The molecule has 1 aliphatic rings. The summed E-state index contributed by atoms with van der Waals surface area (Å²) in [6.07, 6.45) is 2.73. The lowest BCUT2D eigenvalue weighted by Gasteiger charge is -2.29. The lowest BCUT2D eigenvalue weighted by molar-refractivity contribution is -0.140. The number of nitrogens with one attached hydrogen (secondary N) is 1. The van der Waals surface area contributed by atoms with Crippen molar-refractivity contribution in [3.8, 4) is 0 Å². The van der Waals surface area contributed by atoms with Crippen molar-refractivity contribution in [3.05, 3.63) is 68.6 Å². The van der Waals surface area contributed by atoms with Gasteiger partial charge in [0.2, 0.25) is 0 Å². The fraction of sp³-hybridized carbons (Fsp3) is 0.346. The lowest BCUT2D eigenvalue weighted by Crippen LogP contribution is -2.37. The molecule has 0 saturated carbocycles. The Kier molecular flexibility index (Phi) is 8.20. The third-order valence-corrected chi connectivity index (χ3v) is 6.35. The van der Waals surface area contributed by atoms with Gasteiger partial charge < -0.3 is 14.6 Å². The quantitative estimate of drug-likeness (QED) is 0.357. The molecule has 35 heavy (non-hydrogen) atoms. The first-order valence-electron chi connectivity index (χ1n) is 11.3. The van der Waals surface area contributed by atoms with Crippen LogP contribution in [0.4, 0.5) is 0 Å². The van der Waals surface area contributed by atoms with Gasteiger partial charge in [0.15, 0.2) is 0 Å². The van der Waals surface area contributed by atoms with Gasteiger partial charge in [0.1, 0.15) is 5.65 Å². The van der Waals surface area contributed by atoms with Crippen LogP contribution < -0.4 is 0 Å². The second-order valence-corrected chi connectivity index (χ2v) is 10.1. The fourth-order valence-electron chi connectivity index (χ4n) is 4.08. The molecule has 0 unspecified atom stereocenters. The van der Waals surface area contributed by atoms with E-state index in [4.69, 9.17) is 39.5 Å². The van der Waals surface area contributed by atoms with Crippen LogP contribution in [0.3, 0.4) is 0 Å². The average Bonchev–Trinajstić information content (AvgIpc) is 3.12. The Labute approximate surface area is 220 Å². The first-order valence-corrected chi connectivity index (χ1v) is 12.5. The molecule has 2 aromatic heterocycles. The van der Waals surface area contributed by atoms with E-state index in [0.29, 0.717) is 26.9 Å². The number of esters is 1. The minimum Gasteiger partial charge on any atom is -0.459 e. The van der Waals surface area contributed by atoms with Crippen LogP contribution in [-0.4, -0.2) is 39.4 Å². The molecule has 0 aliphatic carbocycles. The number of rotatable bonds is 3. The van der Waals surface area contributed by atoms with Gasteiger partial charge >= 0.3 is 5.97 Å². The Morgan fingerprint density at radius 1 is 1.11 bits per heavy atom. The first kappa shape index (κ1) is 27.1. The van der Waals surface area contributed by atoms with Crippen molar-refractivity contribution in [2.75, 3.05) is 6.54 Å². The lowest BCUT2D eigenvalue weighted by atomic mass is 9.82. The van der Waals surface area contributed by atoms with Crippen LogP contribution in [0.1, 0.15) is 63.2 Å². The Morgan fingerprint density at radius 3 is 2.43 bits per heavy atom. The molecule has 0 fully saturated rings. The maximum atomic E-state index is 13.5. The molecule has 0 bridgehead atoms. The number of amides is 1. The SMILES string of the molecule is CC.CC(C)OC(=O)C1=CN(C(=O)c2ccc(Cl)c(Cl)c2)CC(C)(C)c2c1[nH]c1ncc(Cl)cc21.